The highest BCUT2D eigenvalue weighted by atomic mass is 16.5. The van der Waals surface area contributed by atoms with E-state index in [4.69, 9.17) is 4.74 Å². The molecule has 0 aliphatic heterocycles. The Morgan fingerprint density at radius 1 is 1.21 bits per heavy atom. The second-order valence-corrected chi connectivity index (χ2v) is 4.71. The molecule has 0 radical (unpaired) electrons. The molecular formula is C17H18O2. The van der Waals surface area contributed by atoms with Crippen molar-refractivity contribution in [1.29, 1.82) is 0 Å². The standard InChI is InChI=1S/C17H18O2/c1-12(2)15-8-16(18)10-17(9-15)19-11-14-7-5-4-6-13(14)3/h4-10,18H,1,11H2,2-3H3. The quantitative estimate of drug-likeness (QED) is 0.880. The molecule has 0 atom stereocenters. The lowest BCUT2D eigenvalue weighted by molar-refractivity contribution is 0.303. The van der Waals surface area contributed by atoms with E-state index in [-0.39, 0.29) is 5.75 Å². The Labute approximate surface area is 114 Å². The summed E-state index contributed by atoms with van der Waals surface area (Å²) in [6.07, 6.45) is 0. The summed E-state index contributed by atoms with van der Waals surface area (Å²) in [7, 11) is 0. The molecule has 0 aromatic heterocycles. The largest absolute Gasteiger partial charge is 0.508 e. The van der Waals surface area contributed by atoms with E-state index >= 15 is 0 Å². The number of phenolic OH excluding ortho intramolecular Hbond substituents is 1. The van der Waals surface area contributed by atoms with Gasteiger partial charge in [0.05, 0.1) is 0 Å². The molecular weight excluding hydrogens is 236 g/mol. The number of aryl methyl sites for hydroxylation is 1. The average molecular weight is 254 g/mol. The van der Waals surface area contributed by atoms with Gasteiger partial charge in [0.2, 0.25) is 0 Å². The second-order valence-electron chi connectivity index (χ2n) is 4.71. The molecule has 0 bridgehead atoms. The molecule has 0 saturated carbocycles. The van der Waals surface area contributed by atoms with Crippen molar-refractivity contribution in [2.45, 2.75) is 20.5 Å². The number of phenols is 1. The summed E-state index contributed by atoms with van der Waals surface area (Å²) < 4.78 is 5.74. The zero-order valence-electron chi connectivity index (χ0n) is 11.3. The molecule has 0 aliphatic carbocycles. The molecule has 2 aromatic rings. The molecule has 0 amide bonds. The topological polar surface area (TPSA) is 29.5 Å². The summed E-state index contributed by atoms with van der Waals surface area (Å²) in [4.78, 5) is 0. The van der Waals surface area contributed by atoms with Gasteiger partial charge in [-0.25, -0.2) is 0 Å². The van der Waals surface area contributed by atoms with E-state index in [1.807, 2.05) is 31.2 Å². The number of benzene rings is 2. The van der Waals surface area contributed by atoms with Gasteiger partial charge in [0.15, 0.2) is 0 Å². The van der Waals surface area contributed by atoms with Gasteiger partial charge in [0.1, 0.15) is 18.1 Å². The van der Waals surface area contributed by atoms with Gasteiger partial charge < -0.3 is 9.84 Å². The van der Waals surface area contributed by atoms with Crippen LogP contribution in [0.4, 0.5) is 0 Å². The zero-order chi connectivity index (χ0) is 13.8. The first kappa shape index (κ1) is 13.2. The number of hydrogen-bond donors (Lipinski definition) is 1. The van der Waals surface area contributed by atoms with Gasteiger partial charge in [-0.05, 0) is 42.7 Å². The Balaban J connectivity index is 2.16. The van der Waals surface area contributed by atoms with Crippen LogP contribution in [0.1, 0.15) is 23.6 Å². The highest BCUT2D eigenvalue weighted by molar-refractivity contribution is 5.64. The van der Waals surface area contributed by atoms with E-state index in [0.29, 0.717) is 12.4 Å². The maximum absolute atomic E-state index is 9.67. The van der Waals surface area contributed by atoms with Crippen molar-refractivity contribution in [3.05, 3.63) is 65.7 Å². The van der Waals surface area contributed by atoms with Crippen molar-refractivity contribution in [2.24, 2.45) is 0 Å². The van der Waals surface area contributed by atoms with Gasteiger partial charge >= 0.3 is 0 Å². The SMILES string of the molecule is C=C(C)c1cc(O)cc(OCc2ccccc2C)c1. The number of rotatable bonds is 4. The fraction of sp³-hybridized carbons (Fsp3) is 0.176. The average Bonchev–Trinajstić information content (AvgIpc) is 2.37. The molecule has 98 valence electrons. The van der Waals surface area contributed by atoms with E-state index in [1.54, 1.807) is 12.1 Å². The van der Waals surface area contributed by atoms with Gasteiger partial charge in [-0.2, -0.15) is 0 Å². The molecule has 2 nitrogen and oxygen atoms in total. The minimum absolute atomic E-state index is 0.195. The van der Waals surface area contributed by atoms with Gasteiger partial charge in [-0.1, -0.05) is 36.4 Å². The van der Waals surface area contributed by atoms with Crippen molar-refractivity contribution < 1.29 is 9.84 Å². The highest BCUT2D eigenvalue weighted by Gasteiger charge is 2.03. The summed E-state index contributed by atoms with van der Waals surface area (Å²) in [5, 5.41) is 9.67. The van der Waals surface area contributed by atoms with E-state index in [2.05, 4.69) is 19.6 Å². The zero-order valence-corrected chi connectivity index (χ0v) is 11.3. The summed E-state index contributed by atoms with van der Waals surface area (Å²) >= 11 is 0. The minimum Gasteiger partial charge on any atom is -0.508 e. The number of ether oxygens (including phenoxy) is 1. The van der Waals surface area contributed by atoms with Crippen LogP contribution in [0.15, 0.2) is 49.0 Å². The first-order chi connectivity index (χ1) is 9.06. The van der Waals surface area contributed by atoms with Crippen LogP contribution in [-0.2, 0) is 6.61 Å². The van der Waals surface area contributed by atoms with Gasteiger partial charge in [0, 0.05) is 6.07 Å². The summed E-state index contributed by atoms with van der Waals surface area (Å²) in [5.41, 5.74) is 4.13. The number of allylic oxidation sites excluding steroid dienone is 1. The van der Waals surface area contributed by atoms with Gasteiger partial charge in [0.25, 0.3) is 0 Å². The number of hydrogen-bond acceptors (Lipinski definition) is 2. The van der Waals surface area contributed by atoms with Crippen molar-refractivity contribution in [3.63, 3.8) is 0 Å². The Morgan fingerprint density at radius 2 is 1.95 bits per heavy atom. The van der Waals surface area contributed by atoms with E-state index in [9.17, 15) is 5.11 Å². The van der Waals surface area contributed by atoms with Crippen LogP contribution in [-0.4, -0.2) is 5.11 Å². The van der Waals surface area contributed by atoms with Crippen LogP contribution in [0.25, 0.3) is 5.57 Å². The third kappa shape index (κ3) is 3.38. The first-order valence-electron chi connectivity index (χ1n) is 6.23. The molecule has 0 saturated heterocycles. The highest BCUT2D eigenvalue weighted by Crippen LogP contribution is 2.26. The summed E-state index contributed by atoms with van der Waals surface area (Å²) in [5.74, 6) is 0.849. The minimum atomic E-state index is 0.195. The van der Waals surface area contributed by atoms with Crippen molar-refractivity contribution in [2.75, 3.05) is 0 Å². The Hall–Kier alpha value is -2.22. The smallest absolute Gasteiger partial charge is 0.124 e. The van der Waals surface area contributed by atoms with Crippen molar-refractivity contribution >= 4 is 5.57 Å². The summed E-state index contributed by atoms with van der Waals surface area (Å²) in [6.45, 7) is 8.32. The third-order valence-electron chi connectivity index (χ3n) is 3.04. The molecule has 0 unspecified atom stereocenters. The molecule has 0 spiro atoms. The lowest BCUT2D eigenvalue weighted by Crippen LogP contribution is -1.98. The van der Waals surface area contributed by atoms with Crippen molar-refractivity contribution in [1.82, 2.24) is 0 Å². The fourth-order valence-corrected chi connectivity index (χ4v) is 1.85. The normalized spacial score (nSPS) is 10.2. The first-order valence-corrected chi connectivity index (χ1v) is 6.23. The summed E-state index contributed by atoms with van der Waals surface area (Å²) in [6, 6.07) is 13.3. The van der Waals surface area contributed by atoms with E-state index in [1.165, 1.54) is 5.56 Å². The van der Waals surface area contributed by atoms with Crippen LogP contribution in [0, 0.1) is 6.92 Å². The maximum atomic E-state index is 9.67. The molecule has 1 N–H and O–H groups in total. The van der Waals surface area contributed by atoms with Gasteiger partial charge in [-0.15, -0.1) is 0 Å². The van der Waals surface area contributed by atoms with Crippen molar-refractivity contribution in [3.8, 4) is 11.5 Å². The molecule has 0 aliphatic rings. The van der Waals surface area contributed by atoms with Crippen LogP contribution in [0.2, 0.25) is 0 Å². The predicted molar refractivity (Wildman–Crippen MR) is 78.3 cm³/mol. The Bertz CT molecular complexity index is 600. The lowest BCUT2D eigenvalue weighted by Gasteiger charge is -2.10. The predicted octanol–water partition coefficient (Wildman–Crippen LogP) is 4.31. The Morgan fingerprint density at radius 3 is 2.63 bits per heavy atom. The maximum Gasteiger partial charge on any atom is 0.124 e. The van der Waals surface area contributed by atoms with Crippen LogP contribution < -0.4 is 4.74 Å². The van der Waals surface area contributed by atoms with Crippen LogP contribution in [0.5, 0.6) is 11.5 Å². The lowest BCUT2D eigenvalue weighted by atomic mass is 10.1. The molecule has 2 aromatic carbocycles. The van der Waals surface area contributed by atoms with E-state index in [0.717, 1.165) is 16.7 Å². The van der Waals surface area contributed by atoms with E-state index < -0.39 is 0 Å². The molecule has 19 heavy (non-hydrogen) atoms. The monoisotopic (exact) mass is 254 g/mol. The molecule has 0 heterocycles. The second kappa shape index (κ2) is 5.61. The molecule has 2 heteroatoms. The van der Waals surface area contributed by atoms with Crippen LogP contribution in [0.3, 0.4) is 0 Å². The molecule has 0 fully saturated rings. The third-order valence-corrected chi connectivity index (χ3v) is 3.04. The van der Waals surface area contributed by atoms with Gasteiger partial charge in [-0.3, -0.25) is 0 Å². The molecule has 2 rings (SSSR count). The number of aromatic hydroxyl groups is 1. The Kier molecular flexibility index (Phi) is 3.91. The van der Waals surface area contributed by atoms with Crippen LogP contribution >= 0.6 is 0 Å². The fourth-order valence-electron chi connectivity index (χ4n) is 1.85.